The van der Waals surface area contributed by atoms with Crippen molar-refractivity contribution in [2.24, 2.45) is 0 Å². The lowest BCUT2D eigenvalue weighted by atomic mass is 10.1. The fourth-order valence-corrected chi connectivity index (χ4v) is 2.35. The maximum Gasteiger partial charge on any atom is 0.322 e. The number of carbonyl (C=O) groups excluding carboxylic acids is 1. The molecule has 0 saturated heterocycles. The molecular weight excluding hydrogens is 318 g/mol. The smallest absolute Gasteiger partial charge is 0.322 e. The first kappa shape index (κ1) is 16.7. The van der Waals surface area contributed by atoms with Crippen molar-refractivity contribution >= 4 is 11.9 Å². The Morgan fingerprint density at radius 2 is 1.72 bits per heavy atom. The highest BCUT2D eigenvalue weighted by Gasteiger charge is 2.12. The van der Waals surface area contributed by atoms with E-state index in [-0.39, 0.29) is 11.9 Å². The number of anilines is 1. The number of hydrogen-bond donors (Lipinski definition) is 1. The molecule has 0 aliphatic carbocycles. The van der Waals surface area contributed by atoms with Gasteiger partial charge >= 0.3 is 6.01 Å². The third kappa shape index (κ3) is 4.23. The molecule has 0 aliphatic rings. The Hall–Kier alpha value is -3.15. The van der Waals surface area contributed by atoms with Crippen LogP contribution in [0.15, 0.2) is 52.9 Å². The molecule has 1 N–H and O–H groups in total. The maximum atomic E-state index is 12.2. The van der Waals surface area contributed by atoms with Gasteiger partial charge < -0.3 is 9.15 Å². The molecule has 1 heterocycles. The molecule has 128 valence electrons. The number of nitrogens with zero attached hydrogens (tertiary/aromatic N) is 2. The van der Waals surface area contributed by atoms with E-state index in [1.807, 2.05) is 12.1 Å². The number of hydrogen-bond acceptors (Lipinski definition) is 5. The van der Waals surface area contributed by atoms with Crippen LogP contribution in [-0.4, -0.2) is 23.2 Å². The molecule has 25 heavy (non-hydrogen) atoms. The Kier molecular flexibility index (Phi) is 5.09. The normalized spacial score (nSPS) is 10.5. The summed E-state index contributed by atoms with van der Waals surface area (Å²) in [5, 5.41) is 10.4. The van der Waals surface area contributed by atoms with Crippen molar-refractivity contribution in [3.05, 3.63) is 71.1 Å². The molecule has 0 bridgehead atoms. The van der Waals surface area contributed by atoms with Crippen LogP contribution in [0, 0.1) is 0 Å². The van der Waals surface area contributed by atoms with Crippen LogP contribution in [0.3, 0.4) is 0 Å². The first-order valence-electron chi connectivity index (χ1n) is 8.03. The first-order valence-corrected chi connectivity index (χ1v) is 8.03. The largest absolute Gasteiger partial charge is 0.497 e. The van der Waals surface area contributed by atoms with Gasteiger partial charge in [0.2, 0.25) is 5.89 Å². The zero-order valence-corrected chi connectivity index (χ0v) is 14.2. The molecule has 6 heteroatoms. The molecule has 0 atom stereocenters. The summed E-state index contributed by atoms with van der Waals surface area (Å²) in [5.41, 5.74) is 2.84. The standard InChI is InChI=1S/C19H19N3O3/c1-3-13-4-6-14(7-5-13)12-17-21-22-19(25-17)20-18(23)15-8-10-16(24-2)11-9-15/h4-11H,3,12H2,1-2H3,(H,20,22,23). The first-order chi connectivity index (χ1) is 12.2. The average Bonchev–Trinajstić information content (AvgIpc) is 3.09. The summed E-state index contributed by atoms with van der Waals surface area (Å²) in [6.45, 7) is 2.12. The van der Waals surface area contributed by atoms with Gasteiger partial charge in [-0.15, -0.1) is 5.10 Å². The number of amides is 1. The number of rotatable bonds is 6. The molecule has 1 aromatic heterocycles. The van der Waals surface area contributed by atoms with E-state index in [0.717, 1.165) is 12.0 Å². The van der Waals surface area contributed by atoms with Crippen LogP contribution < -0.4 is 10.1 Å². The van der Waals surface area contributed by atoms with Crippen LogP contribution in [0.4, 0.5) is 6.01 Å². The third-order valence-electron chi connectivity index (χ3n) is 3.83. The molecule has 0 aliphatic heterocycles. The second-order valence-corrected chi connectivity index (χ2v) is 5.53. The summed E-state index contributed by atoms with van der Waals surface area (Å²) in [5.74, 6) is 0.824. The van der Waals surface area contributed by atoms with Crippen LogP contribution >= 0.6 is 0 Å². The highest BCUT2D eigenvalue weighted by molar-refractivity contribution is 6.03. The van der Waals surface area contributed by atoms with E-state index in [1.165, 1.54) is 5.56 Å². The molecule has 0 radical (unpaired) electrons. The summed E-state index contributed by atoms with van der Waals surface area (Å²) in [6.07, 6.45) is 1.53. The lowest BCUT2D eigenvalue weighted by Gasteiger charge is -2.02. The van der Waals surface area contributed by atoms with Gasteiger partial charge in [0.25, 0.3) is 5.91 Å². The predicted molar refractivity (Wildman–Crippen MR) is 93.9 cm³/mol. The number of carbonyl (C=O) groups is 1. The lowest BCUT2D eigenvalue weighted by molar-refractivity contribution is 0.102. The van der Waals surface area contributed by atoms with Crippen molar-refractivity contribution in [1.29, 1.82) is 0 Å². The van der Waals surface area contributed by atoms with E-state index < -0.39 is 0 Å². The fourth-order valence-electron chi connectivity index (χ4n) is 2.35. The number of nitrogens with one attached hydrogen (secondary N) is 1. The van der Waals surface area contributed by atoms with Gasteiger partial charge in [0.15, 0.2) is 0 Å². The summed E-state index contributed by atoms with van der Waals surface area (Å²) in [7, 11) is 1.57. The van der Waals surface area contributed by atoms with Crippen molar-refractivity contribution in [2.45, 2.75) is 19.8 Å². The number of benzene rings is 2. The Labute approximate surface area is 145 Å². The van der Waals surface area contributed by atoms with Crippen molar-refractivity contribution in [3.8, 4) is 5.75 Å². The van der Waals surface area contributed by atoms with E-state index in [4.69, 9.17) is 9.15 Å². The molecule has 2 aromatic carbocycles. The highest BCUT2D eigenvalue weighted by atomic mass is 16.5. The molecule has 0 saturated carbocycles. The molecule has 3 rings (SSSR count). The van der Waals surface area contributed by atoms with E-state index >= 15 is 0 Å². The summed E-state index contributed by atoms with van der Waals surface area (Å²) >= 11 is 0. The minimum atomic E-state index is -0.315. The molecule has 3 aromatic rings. The van der Waals surface area contributed by atoms with Crippen molar-refractivity contribution < 1.29 is 13.9 Å². The van der Waals surface area contributed by atoms with Crippen LogP contribution in [0.1, 0.15) is 34.3 Å². The third-order valence-corrected chi connectivity index (χ3v) is 3.83. The second-order valence-electron chi connectivity index (χ2n) is 5.53. The molecule has 0 spiro atoms. The molecule has 0 fully saturated rings. The number of methoxy groups -OCH3 is 1. The van der Waals surface area contributed by atoms with Crippen LogP contribution in [0.2, 0.25) is 0 Å². The van der Waals surface area contributed by atoms with Gasteiger partial charge in [0.1, 0.15) is 5.75 Å². The summed E-state index contributed by atoms with van der Waals surface area (Å²) < 4.78 is 10.6. The van der Waals surface area contributed by atoms with Crippen LogP contribution in [-0.2, 0) is 12.8 Å². The number of aromatic nitrogens is 2. The van der Waals surface area contributed by atoms with E-state index in [1.54, 1.807) is 31.4 Å². The highest BCUT2D eigenvalue weighted by Crippen LogP contribution is 2.15. The maximum absolute atomic E-state index is 12.2. The van der Waals surface area contributed by atoms with Gasteiger partial charge in [-0.1, -0.05) is 36.3 Å². The quantitative estimate of drug-likeness (QED) is 0.745. The Morgan fingerprint density at radius 3 is 2.36 bits per heavy atom. The minimum Gasteiger partial charge on any atom is -0.497 e. The Morgan fingerprint density at radius 1 is 1.04 bits per heavy atom. The molecular formula is C19H19N3O3. The second kappa shape index (κ2) is 7.61. The molecule has 1 amide bonds. The van der Waals surface area contributed by atoms with Crippen molar-refractivity contribution in [3.63, 3.8) is 0 Å². The van der Waals surface area contributed by atoms with E-state index in [0.29, 0.717) is 23.6 Å². The zero-order chi connectivity index (χ0) is 17.6. The minimum absolute atomic E-state index is 0.0843. The summed E-state index contributed by atoms with van der Waals surface area (Å²) in [4.78, 5) is 12.2. The fraction of sp³-hybridized carbons (Fsp3) is 0.211. The lowest BCUT2D eigenvalue weighted by Crippen LogP contribution is -2.11. The van der Waals surface area contributed by atoms with Gasteiger partial charge in [0.05, 0.1) is 13.5 Å². The van der Waals surface area contributed by atoms with Gasteiger partial charge in [-0.25, -0.2) is 0 Å². The number of ether oxygens (including phenoxy) is 1. The van der Waals surface area contributed by atoms with Gasteiger partial charge in [-0.2, -0.15) is 0 Å². The Bertz CT molecular complexity index is 839. The molecule has 0 unspecified atom stereocenters. The monoisotopic (exact) mass is 337 g/mol. The van der Waals surface area contributed by atoms with Crippen molar-refractivity contribution in [2.75, 3.05) is 12.4 Å². The van der Waals surface area contributed by atoms with Gasteiger partial charge in [0, 0.05) is 5.56 Å². The zero-order valence-electron chi connectivity index (χ0n) is 14.2. The Balaban J connectivity index is 1.63. The predicted octanol–water partition coefficient (Wildman–Crippen LogP) is 3.48. The van der Waals surface area contributed by atoms with Crippen LogP contribution in [0.5, 0.6) is 5.75 Å². The van der Waals surface area contributed by atoms with E-state index in [9.17, 15) is 4.79 Å². The summed E-state index contributed by atoms with van der Waals surface area (Å²) in [6, 6.07) is 15.1. The number of aryl methyl sites for hydroxylation is 1. The average molecular weight is 337 g/mol. The topological polar surface area (TPSA) is 77.2 Å². The van der Waals surface area contributed by atoms with E-state index in [2.05, 4.69) is 34.6 Å². The van der Waals surface area contributed by atoms with Gasteiger partial charge in [-0.3, -0.25) is 10.1 Å². The SMILES string of the molecule is CCc1ccc(Cc2nnc(NC(=O)c3ccc(OC)cc3)o2)cc1. The van der Waals surface area contributed by atoms with Crippen molar-refractivity contribution in [1.82, 2.24) is 10.2 Å². The van der Waals surface area contributed by atoms with Gasteiger partial charge in [-0.05, 0) is 41.8 Å². The molecule has 6 nitrogen and oxygen atoms in total. The van der Waals surface area contributed by atoms with Crippen LogP contribution in [0.25, 0.3) is 0 Å².